The van der Waals surface area contributed by atoms with Crippen LogP contribution in [0.4, 0.5) is 14.5 Å². The number of piperidine rings is 1. The highest BCUT2D eigenvalue weighted by atomic mass is 19.2. The number of hydrogen-bond acceptors (Lipinski definition) is 5. The number of nitrogens with two attached hydrogens (primary N) is 1. The van der Waals surface area contributed by atoms with Crippen molar-refractivity contribution in [2.75, 3.05) is 25.0 Å². The van der Waals surface area contributed by atoms with Gasteiger partial charge in [0.15, 0.2) is 11.6 Å². The van der Waals surface area contributed by atoms with Crippen LogP contribution in [0.25, 0.3) is 5.57 Å². The third-order valence-corrected chi connectivity index (χ3v) is 6.44. The van der Waals surface area contributed by atoms with Crippen LogP contribution in [0.3, 0.4) is 0 Å². The zero-order valence-electron chi connectivity index (χ0n) is 18.6. The minimum Gasteiger partial charge on any atom is -0.453 e. The second-order valence-electron chi connectivity index (χ2n) is 8.47. The van der Waals surface area contributed by atoms with Gasteiger partial charge in [-0.05, 0) is 70.0 Å². The molecule has 0 spiro atoms. The molecule has 2 aromatic carbocycles. The van der Waals surface area contributed by atoms with Crippen molar-refractivity contribution in [1.82, 2.24) is 5.32 Å². The first-order valence-electron chi connectivity index (χ1n) is 11.2. The van der Waals surface area contributed by atoms with E-state index in [1.54, 1.807) is 6.21 Å². The van der Waals surface area contributed by atoms with E-state index in [9.17, 15) is 8.78 Å². The molecule has 7 heteroatoms. The third kappa shape index (κ3) is 4.48. The Balaban J connectivity index is 1.77. The molecule has 0 aromatic heterocycles. The monoisotopic (exact) mass is 440 g/mol. The minimum atomic E-state index is -1.00. The Morgan fingerprint density at radius 2 is 1.97 bits per heavy atom. The summed E-state index contributed by atoms with van der Waals surface area (Å²) >= 11 is 0. The van der Waals surface area contributed by atoms with Gasteiger partial charge >= 0.3 is 0 Å². The van der Waals surface area contributed by atoms with Crippen molar-refractivity contribution in [2.45, 2.75) is 44.7 Å². The maximum atomic E-state index is 14.5. The number of aliphatic imine (C=N–C) groups is 1. The molecule has 32 heavy (non-hydrogen) atoms. The van der Waals surface area contributed by atoms with E-state index in [1.807, 2.05) is 19.2 Å². The Morgan fingerprint density at radius 3 is 2.72 bits per heavy atom. The highest BCUT2D eigenvalue weighted by molar-refractivity contribution is 6.11. The van der Waals surface area contributed by atoms with Crippen LogP contribution < -0.4 is 20.7 Å². The molecule has 1 fully saturated rings. The summed E-state index contributed by atoms with van der Waals surface area (Å²) < 4.78 is 34.4. The van der Waals surface area contributed by atoms with Crippen molar-refractivity contribution >= 4 is 17.5 Å². The molecule has 1 unspecified atom stereocenters. The number of rotatable bonds is 5. The molecular weight excluding hydrogens is 410 g/mol. The Hall–Kier alpha value is -2.93. The number of allylic oxidation sites excluding steroid dienone is 1. The topological polar surface area (TPSA) is 62.9 Å². The van der Waals surface area contributed by atoms with Crippen molar-refractivity contribution in [3.63, 3.8) is 0 Å². The SMILES string of the molecule is CC1CCc2c(ccc(C(C=NC3CCNCC3)=CN)c2Oc2cccc(F)c2F)N1C. The van der Waals surface area contributed by atoms with Crippen molar-refractivity contribution < 1.29 is 13.5 Å². The Kier molecular flexibility index (Phi) is 6.74. The molecule has 1 atom stereocenters. The predicted octanol–water partition coefficient (Wildman–Crippen LogP) is 4.65. The van der Waals surface area contributed by atoms with Gasteiger partial charge in [-0.3, -0.25) is 4.99 Å². The molecule has 2 heterocycles. The molecule has 3 N–H and O–H groups in total. The number of nitrogens with zero attached hydrogens (tertiary/aromatic N) is 2. The summed E-state index contributed by atoms with van der Waals surface area (Å²) in [5.74, 6) is -1.59. The van der Waals surface area contributed by atoms with Gasteiger partial charge in [0.25, 0.3) is 0 Å². The van der Waals surface area contributed by atoms with Gasteiger partial charge in [0.05, 0.1) is 6.04 Å². The van der Waals surface area contributed by atoms with Gasteiger partial charge in [0.2, 0.25) is 5.82 Å². The average molecular weight is 441 g/mol. The first kappa shape index (κ1) is 22.3. The van der Waals surface area contributed by atoms with Crippen molar-refractivity contribution in [2.24, 2.45) is 10.7 Å². The van der Waals surface area contributed by atoms with Gasteiger partial charge in [-0.15, -0.1) is 0 Å². The van der Waals surface area contributed by atoms with Gasteiger partial charge in [0.1, 0.15) is 5.75 Å². The van der Waals surface area contributed by atoms with E-state index in [0.717, 1.165) is 61.7 Å². The third-order valence-electron chi connectivity index (χ3n) is 6.44. The molecule has 2 aromatic rings. The smallest absolute Gasteiger partial charge is 0.201 e. The van der Waals surface area contributed by atoms with Crippen LogP contribution in [0.15, 0.2) is 41.5 Å². The fourth-order valence-corrected chi connectivity index (χ4v) is 4.33. The molecule has 170 valence electrons. The molecule has 0 aliphatic carbocycles. The van der Waals surface area contributed by atoms with E-state index in [2.05, 4.69) is 17.1 Å². The normalized spacial score (nSPS) is 19.9. The zero-order valence-corrected chi connectivity index (χ0v) is 18.6. The lowest BCUT2D eigenvalue weighted by molar-refractivity contribution is 0.410. The lowest BCUT2D eigenvalue weighted by atomic mass is 9.92. The maximum Gasteiger partial charge on any atom is 0.201 e. The number of benzene rings is 2. The van der Waals surface area contributed by atoms with E-state index in [-0.39, 0.29) is 11.8 Å². The lowest BCUT2D eigenvalue weighted by Gasteiger charge is -2.35. The molecule has 2 aliphatic rings. The summed E-state index contributed by atoms with van der Waals surface area (Å²) in [6, 6.07) is 8.53. The standard InChI is InChI=1S/C25H30F2N4O/c1-16-6-7-20-22(31(16)2)9-8-19(17(14-28)15-30-18-10-12-29-13-11-18)25(20)32-23-5-3-4-21(26)24(23)27/h3-5,8-9,14-16,18,29H,6-7,10-13,28H2,1-2H3. The van der Waals surface area contributed by atoms with Crippen molar-refractivity contribution in [3.8, 4) is 11.5 Å². The second kappa shape index (κ2) is 9.69. The fourth-order valence-electron chi connectivity index (χ4n) is 4.33. The summed E-state index contributed by atoms with van der Waals surface area (Å²) in [5.41, 5.74) is 9.39. The molecule has 2 aliphatic heterocycles. The second-order valence-corrected chi connectivity index (χ2v) is 8.47. The molecule has 0 saturated carbocycles. The Morgan fingerprint density at radius 1 is 1.19 bits per heavy atom. The first-order chi connectivity index (χ1) is 15.5. The summed E-state index contributed by atoms with van der Waals surface area (Å²) in [4.78, 5) is 6.92. The summed E-state index contributed by atoms with van der Waals surface area (Å²) in [5, 5.41) is 3.33. The van der Waals surface area contributed by atoms with Crippen LogP contribution in [-0.2, 0) is 6.42 Å². The number of anilines is 1. The Labute approximate surface area is 188 Å². The number of ether oxygens (including phenoxy) is 1. The van der Waals surface area contributed by atoms with Gasteiger partial charge in [-0.1, -0.05) is 6.07 Å². The fraction of sp³-hybridized carbons (Fsp3) is 0.400. The Bertz CT molecular complexity index is 1030. The van der Waals surface area contributed by atoms with E-state index in [1.165, 1.54) is 18.3 Å². The largest absolute Gasteiger partial charge is 0.453 e. The van der Waals surface area contributed by atoms with Crippen LogP contribution in [0.2, 0.25) is 0 Å². The molecular formula is C25H30F2N4O. The highest BCUT2D eigenvalue weighted by Crippen LogP contribution is 2.42. The first-order valence-corrected chi connectivity index (χ1v) is 11.2. The van der Waals surface area contributed by atoms with Crippen LogP contribution >= 0.6 is 0 Å². The summed E-state index contributed by atoms with van der Waals surface area (Å²) in [6.07, 6.45) is 6.92. The summed E-state index contributed by atoms with van der Waals surface area (Å²) in [6.45, 7) is 4.06. The molecule has 0 amide bonds. The highest BCUT2D eigenvalue weighted by Gasteiger charge is 2.27. The van der Waals surface area contributed by atoms with Crippen LogP contribution in [-0.4, -0.2) is 38.4 Å². The van der Waals surface area contributed by atoms with Gasteiger partial charge in [-0.2, -0.15) is 4.39 Å². The number of fused-ring (bicyclic) bond motifs is 1. The predicted molar refractivity (Wildman–Crippen MR) is 126 cm³/mol. The number of nitrogens with one attached hydrogen (secondary N) is 1. The van der Waals surface area contributed by atoms with Crippen molar-refractivity contribution in [1.29, 1.82) is 0 Å². The van der Waals surface area contributed by atoms with Gasteiger partial charge in [-0.25, -0.2) is 4.39 Å². The van der Waals surface area contributed by atoms with Crippen LogP contribution in [0, 0.1) is 11.6 Å². The quantitative estimate of drug-likeness (QED) is 0.665. The van der Waals surface area contributed by atoms with Gasteiger partial charge < -0.3 is 20.7 Å². The summed E-state index contributed by atoms with van der Waals surface area (Å²) in [7, 11) is 2.03. The van der Waals surface area contributed by atoms with E-state index < -0.39 is 11.6 Å². The van der Waals surface area contributed by atoms with Crippen LogP contribution in [0.1, 0.15) is 37.3 Å². The minimum absolute atomic E-state index is 0.146. The van der Waals surface area contributed by atoms with Crippen LogP contribution in [0.5, 0.6) is 11.5 Å². The van der Waals surface area contributed by atoms with E-state index in [0.29, 0.717) is 17.4 Å². The molecule has 5 nitrogen and oxygen atoms in total. The average Bonchev–Trinajstić information content (AvgIpc) is 2.81. The molecule has 4 rings (SSSR count). The van der Waals surface area contributed by atoms with E-state index >= 15 is 0 Å². The number of halogens is 2. The lowest BCUT2D eigenvalue weighted by Crippen LogP contribution is -2.33. The van der Waals surface area contributed by atoms with Crippen molar-refractivity contribution in [3.05, 3.63) is 59.3 Å². The molecule has 0 radical (unpaired) electrons. The van der Waals surface area contributed by atoms with E-state index in [4.69, 9.17) is 15.5 Å². The molecule has 0 bridgehead atoms. The number of hydrogen-bond donors (Lipinski definition) is 2. The zero-order chi connectivity index (χ0) is 22.7. The maximum absolute atomic E-state index is 14.5. The molecule has 1 saturated heterocycles. The van der Waals surface area contributed by atoms with Gasteiger partial charge in [0, 0.05) is 47.9 Å².